The fraction of sp³-hybridized carbons (Fsp3) is 0.611. The summed E-state index contributed by atoms with van der Waals surface area (Å²) in [5.41, 5.74) is 3.01. The lowest BCUT2D eigenvalue weighted by atomic mass is 10.1. The molecule has 1 atom stereocenters. The highest BCUT2D eigenvalue weighted by Gasteiger charge is 2.33. The second kappa shape index (κ2) is 6.16. The van der Waals surface area contributed by atoms with Crippen LogP contribution in [0, 0.1) is 12.8 Å². The van der Waals surface area contributed by atoms with Gasteiger partial charge in [-0.15, -0.1) is 0 Å². The standard InChI is InChI=1S/C18H25N5O/c1-3-16-19-12(2)9-17(20-16)22-7-4-8-23-14(11-22)10-15(21-23)18(24)13-5-6-13/h9-10,13,18,24H,3-8,11H2,1-2H3/t18-/m0/s1. The first-order valence-corrected chi connectivity index (χ1v) is 8.98. The van der Waals surface area contributed by atoms with Gasteiger partial charge in [0.15, 0.2) is 0 Å². The third kappa shape index (κ3) is 3.02. The summed E-state index contributed by atoms with van der Waals surface area (Å²) in [4.78, 5) is 11.5. The van der Waals surface area contributed by atoms with E-state index in [4.69, 9.17) is 4.98 Å². The van der Waals surface area contributed by atoms with Crippen molar-refractivity contribution in [1.29, 1.82) is 0 Å². The summed E-state index contributed by atoms with van der Waals surface area (Å²) in [7, 11) is 0. The molecule has 0 saturated heterocycles. The molecular weight excluding hydrogens is 302 g/mol. The molecule has 2 aromatic rings. The van der Waals surface area contributed by atoms with Crippen LogP contribution >= 0.6 is 0 Å². The van der Waals surface area contributed by atoms with E-state index < -0.39 is 6.10 Å². The van der Waals surface area contributed by atoms with E-state index in [0.29, 0.717) is 5.92 Å². The maximum Gasteiger partial charge on any atom is 0.132 e. The average Bonchev–Trinajstić information content (AvgIpc) is 3.37. The van der Waals surface area contributed by atoms with Gasteiger partial charge in [-0.05, 0) is 38.2 Å². The number of rotatable bonds is 4. The zero-order valence-electron chi connectivity index (χ0n) is 14.4. The van der Waals surface area contributed by atoms with E-state index in [2.05, 4.69) is 38.7 Å². The van der Waals surface area contributed by atoms with Gasteiger partial charge in [-0.2, -0.15) is 5.10 Å². The van der Waals surface area contributed by atoms with Crippen molar-refractivity contribution in [3.63, 3.8) is 0 Å². The Morgan fingerprint density at radius 1 is 1.25 bits per heavy atom. The lowest BCUT2D eigenvalue weighted by molar-refractivity contribution is 0.148. The second-order valence-electron chi connectivity index (χ2n) is 6.98. The van der Waals surface area contributed by atoms with Crippen LogP contribution in [-0.2, 0) is 19.5 Å². The molecule has 0 amide bonds. The second-order valence-corrected chi connectivity index (χ2v) is 6.98. The third-order valence-electron chi connectivity index (χ3n) is 4.93. The first kappa shape index (κ1) is 15.6. The van der Waals surface area contributed by atoms with Crippen molar-refractivity contribution < 1.29 is 5.11 Å². The number of anilines is 1. The smallest absolute Gasteiger partial charge is 0.132 e. The average molecular weight is 327 g/mol. The minimum Gasteiger partial charge on any atom is -0.386 e. The minimum atomic E-state index is -0.397. The molecule has 2 aliphatic rings. The van der Waals surface area contributed by atoms with E-state index in [1.807, 2.05) is 6.92 Å². The summed E-state index contributed by atoms with van der Waals surface area (Å²) in [6.45, 7) is 6.75. The van der Waals surface area contributed by atoms with Crippen LogP contribution in [-0.4, -0.2) is 31.4 Å². The third-order valence-corrected chi connectivity index (χ3v) is 4.93. The first-order valence-electron chi connectivity index (χ1n) is 8.98. The normalized spacial score (nSPS) is 19.0. The van der Waals surface area contributed by atoms with Gasteiger partial charge < -0.3 is 10.0 Å². The summed E-state index contributed by atoms with van der Waals surface area (Å²) in [5.74, 6) is 2.31. The molecule has 1 aliphatic carbocycles. The van der Waals surface area contributed by atoms with Crippen molar-refractivity contribution in [2.75, 3.05) is 11.4 Å². The van der Waals surface area contributed by atoms with Crippen molar-refractivity contribution in [2.24, 2.45) is 5.92 Å². The van der Waals surface area contributed by atoms with Gasteiger partial charge in [0.05, 0.1) is 17.9 Å². The minimum absolute atomic E-state index is 0.397. The molecule has 1 fully saturated rings. The molecule has 2 aromatic heterocycles. The van der Waals surface area contributed by atoms with Crippen LogP contribution in [0.25, 0.3) is 0 Å². The quantitative estimate of drug-likeness (QED) is 0.934. The molecule has 6 nitrogen and oxygen atoms in total. The Hall–Kier alpha value is -1.95. The number of hydrogen-bond acceptors (Lipinski definition) is 5. The molecule has 4 rings (SSSR count). The maximum atomic E-state index is 10.4. The van der Waals surface area contributed by atoms with Crippen LogP contribution in [0.4, 0.5) is 5.82 Å². The van der Waals surface area contributed by atoms with Gasteiger partial charge in [0.1, 0.15) is 17.7 Å². The van der Waals surface area contributed by atoms with E-state index in [9.17, 15) is 5.11 Å². The summed E-state index contributed by atoms with van der Waals surface area (Å²) in [6, 6.07) is 4.14. The molecule has 0 bridgehead atoms. The SMILES string of the molecule is CCc1nc(C)cc(N2CCCn3nc([C@@H](O)C4CC4)cc3C2)n1. The van der Waals surface area contributed by atoms with Crippen molar-refractivity contribution in [3.8, 4) is 0 Å². The van der Waals surface area contributed by atoms with Gasteiger partial charge in [-0.25, -0.2) is 9.97 Å². The van der Waals surface area contributed by atoms with E-state index >= 15 is 0 Å². The van der Waals surface area contributed by atoms with Crippen molar-refractivity contribution >= 4 is 5.82 Å². The summed E-state index contributed by atoms with van der Waals surface area (Å²) >= 11 is 0. The van der Waals surface area contributed by atoms with Crippen molar-refractivity contribution in [3.05, 3.63) is 35.0 Å². The molecule has 0 aromatic carbocycles. The molecule has 0 unspecified atom stereocenters. The molecule has 128 valence electrons. The van der Waals surface area contributed by atoms with E-state index in [1.165, 1.54) is 0 Å². The van der Waals surface area contributed by atoms with Crippen LogP contribution < -0.4 is 4.90 Å². The van der Waals surface area contributed by atoms with Crippen molar-refractivity contribution in [1.82, 2.24) is 19.7 Å². The molecular formula is C18H25N5O. The summed E-state index contributed by atoms with van der Waals surface area (Å²) in [6.07, 6.45) is 3.72. The monoisotopic (exact) mass is 327 g/mol. The molecule has 0 spiro atoms. The Morgan fingerprint density at radius 2 is 2.08 bits per heavy atom. The number of aliphatic hydroxyl groups is 1. The zero-order valence-corrected chi connectivity index (χ0v) is 14.4. The van der Waals surface area contributed by atoms with Crippen molar-refractivity contribution in [2.45, 2.75) is 58.7 Å². The Morgan fingerprint density at radius 3 is 2.83 bits per heavy atom. The number of aryl methyl sites for hydroxylation is 3. The zero-order chi connectivity index (χ0) is 16.7. The Balaban J connectivity index is 1.60. The van der Waals surface area contributed by atoms with Crippen LogP contribution in [0.3, 0.4) is 0 Å². The van der Waals surface area contributed by atoms with Gasteiger partial charge in [-0.1, -0.05) is 6.92 Å². The number of aliphatic hydroxyl groups excluding tert-OH is 1. The lowest BCUT2D eigenvalue weighted by Gasteiger charge is -2.21. The van der Waals surface area contributed by atoms with E-state index in [-0.39, 0.29) is 0 Å². The molecule has 0 radical (unpaired) electrons. The van der Waals surface area contributed by atoms with Gasteiger partial charge in [0, 0.05) is 31.3 Å². The first-order chi connectivity index (χ1) is 11.6. The molecule has 1 saturated carbocycles. The topological polar surface area (TPSA) is 67.1 Å². The van der Waals surface area contributed by atoms with Gasteiger partial charge in [0.2, 0.25) is 0 Å². The van der Waals surface area contributed by atoms with E-state index in [0.717, 1.165) is 74.0 Å². The maximum absolute atomic E-state index is 10.4. The molecule has 6 heteroatoms. The molecule has 1 N–H and O–H groups in total. The number of nitrogens with zero attached hydrogens (tertiary/aromatic N) is 5. The number of aromatic nitrogens is 4. The lowest BCUT2D eigenvalue weighted by Crippen LogP contribution is -2.24. The fourth-order valence-electron chi connectivity index (χ4n) is 3.41. The summed E-state index contributed by atoms with van der Waals surface area (Å²) in [5, 5.41) is 15.0. The molecule has 24 heavy (non-hydrogen) atoms. The predicted molar refractivity (Wildman–Crippen MR) is 91.7 cm³/mol. The highest BCUT2D eigenvalue weighted by molar-refractivity contribution is 5.41. The highest BCUT2D eigenvalue weighted by atomic mass is 16.3. The number of fused-ring (bicyclic) bond motifs is 1. The van der Waals surface area contributed by atoms with Gasteiger partial charge >= 0.3 is 0 Å². The van der Waals surface area contributed by atoms with Gasteiger partial charge in [0.25, 0.3) is 0 Å². The van der Waals surface area contributed by atoms with E-state index in [1.54, 1.807) is 0 Å². The largest absolute Gasteiger partial charge is 0.386 e. The fourth-order valence-corrected chi connectivity index (χ4v) is 3.41. The Bertz CT molecular complexity index is 737. The molecule has 1 aliphatic heterocycles. The summed E-state index contributed by atoms with van der Waals surface area (Å²) < 4.78 is 2.07. The highest BCUT2D eigenvalue weighted by Crippen LogP contribution is 2.40. The van der Waals surface area contributed by atoms with Crippen LogP contribution in [0.5, 0.6) is 0 Å². The van der Waals surface area contributed by atoms with Crippen LogP contribution in [0.1, 0.15) is 55.2 Å². The predicted octanol–water partition coefficient (Wildman–Crippen LogP) is 2.40. The number of hydrogen-bond donors (Lipinski definition) is 1. The van der Waals surface area contributed by atoms with Gasteiger partial charge in [-0.3, -0.25) is 4.68 Å². The Labute approximate surface area is 142 Å². The molecule has 3 heterocycles. The Kier molecular flexibility index (Phi) is 4.00. The van der Waals surface area contributed by atoms with Crippen LogP contribution in [0.2, 0.25) is 0 Å². The van der Waals surface area contributed by atoms with Crippen LogP contribution in [0.15, 0.2) is 12.1 Å².